The lowest BCUT2D eigenvalue weighted by atomic mass is 9.80. The standard InChI is InChI=1S/C14H22N4O3/c1-9(2)3-5-18-6-4-12(17-18)16-14(21)15-11-7-10(8-11)13(19)20/h4,6,9-11H,3,5,7-8H2,1-2H3,(H,19,20)(H2,15,16,17,21). The highest BCUT2D eigenvalue weighted by Crippen LogP contribution is 2.27. The molecule has 2 rings (SSSR count). The molecule has 1 heterocycles. The number of carbonyl (C=O) groups is 2. The van der Waals surface area contributed by atoms with E-state index in [1.807, 2.05) is 6.20 Å². The number of amides is 2. The summed E-state index contributed by atoms with van der Waals surface area (Å²) in [5.41, 5.74) is 0. The van der Waals surface area contributed by atoms with Gasteiger partial charge in [-0.2, -0.15) is 5.10 Å². The second-order valence-electron chi connectivity index (χ2n) is 5.95. The average Bonchev–Trinajstić information content (AvgIpc) is 2.77. The summed E-state index contributed by atoms with van der Waals surface area (Å²) in [7, 11) is 0. The van der Waals surface area contributed by atoms with Gasteiger partial charge in [0.05, 0.1) is 5.92 Å². The van der Waals surface area contributed by atoms with Gasteiger partial charge >= 0.3 is 12.0 Å². The number of carboxylic acid groups (broad SMARTS) is 1. The summed E-state index contributed by atoms with van der Waals surface area (Å²) in [5, 5.41) is 18.4. The number of aryl methyl sites for hydroxylation is 1. The van der Waals surface area contributed by atoms with Crippen LogP contribution in [0.1, 0.15) is 33.1 Å². The number of nitrogens with one attached hydrogen (secondary N) is 2. The van der Waals surface area contributed by atoms with Crippen LogP contribution in [0, 0.1) is 11.8 Å². The quantitative estimate of drug-likeness (QED) is 0.746. The fourth-order valence-corrected chi connectivity index (χ4v) is 2.22. The molecule has 1 aromatic rings. The van der Waals surface area contributed by atoms with Gasteiger partial charge in [0.15, 0.2) is 5.82 Å². The molecule has 0 atom stereocenters. The Bertz CT molecular complexity index is 506. The van der Waals surface area contributed by atoms with E-state index in [1.165, 1.54) is 0 Å². The molecule has 0 aromatic carbocycles. The Morgan fingerprint density at radius 2 is 2.19 bits per heavy atom. The first-order valence-electron chi connectivity index (χ1n) is 7.28. The Kier molecular flexibility index (Phi) is 4.82. The molecule has 0 unspecified atom stereocenters. The zero-order chi connectivity index (χ0) is 15.4. The van der Waals surface area contributed by atoms with Crippen molar-refractivity contribution < 1.29 is 14.7 Å². The highest BCUT2D eigenvalue weighted by atomic mass is 16.4. The summed E-state index contributed by atoms with van der Waals surface area (Å²) >= 11 is 0. The van der Waals surface area contributed by atoms with E-state index in [1.54, 1.807) is 10.7 Å². The monoisotopic (exact) mass is 294 g/mol. The van der Waals surface area contributed by atoms with Crippen molar-refractivity contribution in [1.82, 2.24) is 15.1 Å². The Labute approximate surface area is 123 Å². The summed E-state index contributed by atoms with van der Waals surface area (Å²) < 4.78 is 1.80. The van der Waals surface area contributed by atoms with E-state index in [0.717, 1.165) is 13.0 Å². The molecule has 0 aliphatic heterocycles. The van der Waals surface area contributed by atoms with E-state index < -0.39 is 5.97 Å². The number of aliphatic carboxylic acids is 1. The largest absolute Gasteiger partial charge is 0.481 e. The average molecular weight is 294 g/mol. The molecule has 1 saturated carbocycles. The first-order valence-corrected chi connectivity index (χ1v) is 7.28. The van der Waals surface area contributed by atoms with Gasteiger partial charge in [-0.1, -0.05) is 13.8 Å². The maximum atomic E-state index is 11.7. The number of carbonyl (C=O) groups excluding carboxylic acids is 1. The molecule has 7 heteroatoms. The van der Waals surface area contributed by atoms with Crippen molar-refractivity contribution in [3.05, 3.63) is 12.3 Å². The van der Waals surface area contributed by atoms with Crippen LogP contribution in [0.25, 0.3) is 0 Å². The SMILES string of the molecule is CC(C)CCn1ccc(NC(=O)NC2CC(C(=O)O)C2)n1. The van der Waals surface area contributed by atoms with Crippen LogP contribution in [0.15, 0.2) is 12.3 Å². The number of nitrogens with zero attached hydrogens (tertiary/aromatic N) is 2. The molecular weight excluding hydrogens is 272 g/mol. The number of anilines is 1. The van der Waals surface area contributed by atoms with Gasteiger partial charge < -0.3 is 10.4 Å². The summed E-state index contributed by atoms with van der Waals surface area (Å²) in [6.07, 6.45) is 3.85. The van der Waals surface area contributed by atoms with Gasteiger partial charge in [0.1, 0.15) is 0 Å². The van der Waals surface area contributed by atoms with Crippen LogP contribution in [0.2, 0.25) is 0 Å². The maximum Gasteiger partial charge on any atom is 0.320 e. The van der Waals surface area contributed by atoms with Crippen LogP contribution in [-0.2, 0) is 11.3 Å². The van der Waals surface area contributed by atoms with Crippen molar-refractivity contribution >= 4 is 17.8 Å². The van der Waals surface area contributed by atoms with Gasteiger partial charge in [-0.25, -0.2) is 4.79 Å². The molecule has 0 spiro atoms. The second kappa shape index (κ2) is 6.60. The predicted octanol–water partition coefficient (Wildman–Crippen LogP) is 1.91. The van der Waals surface area contributed by atoms with E-state index in [0.29, 0.717) is 24.6 Å². The van der Waals surface area contributed by atoms with E-state index in [9.17, 15) is 9.59 Å². The lowest BCUT2D eigenvalue weighted by molar-refractivity contribution is -0.145. The molecule has 1 aromatic heterocycles. The van der Waals surface area contributed by atoms with Gasteiger partial charge in [-0.15, -0.1) is 0 Å². The number of hydrogen-bond donors (Lipinski definition) is 3. The van der Waals surface area contributed by atoms with Crippen molar-refractivity contribution in [2.45, 2.75) is 45.7 Å². The van der Waals surface area contributed by atoms with Crippen LogP contribution in [0.3, 0.4) is 0 Å². The van der Waals surface area contributed by atoms with Crippen molar-refractivity contribution in [2.75, 3.05) is 5.32 Å². The van der Waals surface area contributed by atoms with Gasteiger partial charge in [0.2, 0.25) is 0 Å². The van der Waals surface area contributed by atoms with Gasteiger partial charge in [-0.05, 0) is 25.2 Å². The van der Waals surface area contributed by atoms with E-state index in [-0.39, 0.29) is 18.0 Å². The number of hydrogen-bond acceptors (Lipinski definition) is 3. The molecule has 0 saturated heterocycles. The van der Waals surface area contributed by atoms with Crippen LogP contribution in [0.4, 0.5) is 10.6 Å². The van der Waals surface area contributed by atoms with Gasteiger partial charge in [0, 0.05) is 24.8 Å². The summed E-state index contributed by atoms with van der Waals surface area (Å²) in [5.74, 6) is -0.0111. The number of aromatic nitrogens is 2. The molecule has 7 nitrogen and oxygen atoms in total. The van der Waals surface area contributed by atoms with Crippen LogP contribution < -0.4 is 10.6 Å². The fraction of sp³-hybridized carbons (Fsp3) is 0.643. The minimum Gasteiger partial charge on any atom is -0.481 e. The van der Waals surface area contributed by atoms with Crippen LogP contribution in [-0.4, -0.2) is 32.9 Å². The first kappa shape index (κ1) is 15.3. The Morgan fingerprint density at radius 3 is 2.81 bits per heavy atom. The minimum atomic E-state index is -0.794. The van der Waals surface area contributed by atoms with Crippen molar-refractivity contribution in [3.63, 3.8) is 0 Å². The lowest BCUT2D eigenvalue weighted by Gasteiger charge is -2.32. The van der Waals surface area contributed by atoms with E-state index >= 15 is 0 Å². The summed E-state index contributed by atoms with van der Waals surface area (Å²) in [6, 6.07) is 1.35. The van der Waals surface area contributed by atoms with Crippen LogP contribution in [0.5, 0.6) is 0 Å². The predicted molar refractivity (Wildman–Crippen MR) is 78.0 cm³/mol. The van der Waals surface area contributed by atoms with E-state index in [4.69, 9.17) is 5.11 Å². The van der Waals surface area contributed by atoms with Crippen LogP contribution >= 0.6 is 0 Å². The normalized spacial score (nSPS) is 20.9. The number of carboxylic acids is 1. The summed E-state index contributed by atoms with van der Waals surface area (Å²) in [4.78, 5) is 22.4. The highest BCUT2D eigenvalue weighted by molar-refractivity contribution is 5.88. The van der Waals surface area contributed by atoms with Crippen molar-refractivity contribution in [3.8, 4) is 0 Å². The second-order valence-corrected chi connectivity index (χ2v) is 5.95. The highest BCUT2D eigenvalue weighted by Gasteiger charge is 2.35. The zero-order valence-corrected chi connectivity index (χ0v) is 12.4. The Hall–Kier alpha value is -2.05. The third-order valence-electron chi connectivity index (χ3n) is 3.64. The molecule has 1 aliphatic rings. The zero-order valence-electron chi connectivity index (χ0n) is 12.4. The molecule has 0 bridgehead atoms. The molecule has 3 N–H and O–H groups in total. The third-order valence-corrected chi connectivity index (χ3v) is 3.64. The topological polar surface area (TPSA) is 96.2 Å². The van der Waals surface area contributed by atoms with Crippen molar-refractivity contribution in [1.29, 1.82) is 0 Å². The molecule has 116 valence electrons. The maximum absolute atomic E-state index is 11.7. The Balaban J connectivity index is 1.72. The smallest absolute Gasteiger partial charge is 0.320 e. The van der Waals surface area contributed by atoms with Crippen molar-refractivity contribution in [2.24, 2.45) is 11.8 Å². The summed E-state index contributed by atoms with van der Waals surface area (Å²) in [6.45, 7) is 5.13. The molecule has 2 amide bonds. The van der Waals surface area contributed by atoms with E-state index in [2.05, 4.69) is 29.6 Å². The molecule has 1 aliphatic carbocycles. The molecule has 21 heavy (non-hydrogen) atoms. The van der Waals surface area contributed by atoms with Gasteiger partial charge in [-0.3, -0.25) is 14.8 Å². The number of rotatable bonds is 6. The van der Waals surface area contributed by atoms with Gasteiger partial charge in [0.25, 0.3) is 0 Å². The molecular formula is C14H22N4O3. The number of urea groups is 1. The fourth-order valence-electron chi connectivity index (χ4n) is 2.22. The third kappa shape index (κ3) is 4.47. The molecule has 0 radical (unpaired) electrons. The first-order chi connectivity index (χ1) is 9.94. The Morgan fingerprint density at radius 1 is 1.48 bits per heavy atom. The molecule has 1 fully saturated rings. The minimum absolute atomic E-state index is 0.0610. The lowest BCUT2D eigenvalue weighted by Crippen LogP contribution is -2.48.